The Labute approximate surface area is 111 Å². The number of halogens is 2. The lowest BCUT2D eigenvalue weighted by atomic mass is 9.99. The van der Waals surface area contributed by atoms with E-state index < -0.39 is 12.1 Å². The highest BCUT2D eigenvalue weighted by molar-refractivity contribution is 9.10. The Balaban J connectivity index is 3.02. The van der Waals surface area contributed by atoms with E-state index in [9.17, 15) is 9.90 Å². The maximum absolute atomic E-state index is 10.8. The van der Waals surface area contributed by atoms with Crippen molar-refractivity contribution in [1.29, 1.82) is 0 Å². The van der Waals surface area contributed by atoms with Crippen molar-refractivity contribution in [3.05, 3.63) is 33.8 Å². The third-order valence-electron chi connectivity index (χ3n) is 2.22. The quantitative estimate of drug-likeness (QED) is 0.802. The number of alkyl halides is 1. The number of carboxylic acids is 1. The van der Waals surface area contributed by atoms with E-state index in [2.05, 4.69) is 31.9 Å². The summed E-state index contributed by atoms with van der Waals surface area (Å²) in [5.74, 6) is -1.22. The second-order valence-electron chi connectivity index (χ2n) is 3.38. The van der Waals surface area contributed by atoms with Gasteiger partial charge in [0.1, 0.15) is 0 Å². The van der Waals surface area contributed by atoms with E-state index in [1.54, 1.807) is 6.07 Å². The van der Waals surface area contributed by atoms with Gasteiger partial charge in [0.15, 0.2) is 6.10 Å². The average Bonchev–Trinajstić information content (AvgIpc) is 2.26. The van der Waals surface area contributed by atoms with E-state index in [4.69, 9.17) is 5.11 Å². The Kier molecular flexibility index (Phi) is 5.44. The summed E-state index contributed by atoms with van der Waals surface area (Å²) in [6.45, 7) is 0. The molecule has 0 aromatic heterocycles. The number of carbonyl (C=O) groups is 1. The molecule has 0 spiro atoms. The molecule has 0 radical (unpaired) electrons. The van der Waals surface area contributed by atoms with Crippen molar-refractivity contribution < 1.29 is 15.0 Å². The highest BCUT2D eigenvalue weighted by atomic mass is 79.9. The van der Waals surface area contributed by atoms with Crippen molar-refractivity contribution in [3.63, 3.8) is 0 Å². The Morgan fingerprint density at radius 1 is 1.44 bits per heavy atom. The number of benzene rings is 1. The lowest BCUT2D eigenvalue weighted by Crippen LogP contribution is -2.13. The van der Waals surface area contributed by atoms with Crippen LogP contribution in [0.5, 0.6) is 0 Å². The summed E-state index contributed by atoms with van der Waals surface area (Å²) in [5, 5.41) is 19.2. The van der Waals surface area contributed by atoms with Crippen LogP contribution in [0.2, 0.25) is 0 Å². The van der Waals surface area contributed by atoms with Gasteiger partial charge in [-0.3, -0.25) is 0 Å². The molecule has 0 fully saturated rings. The van der Waals surface area contributed by atoms with E-state index in [1.807, 2.05) is 12.1 Å². The Hall–Kier alpha value is -0.390. The number of aryl methyl sites for hydroxylation is 1. The highest BCUT2D eigenvalue weighted by Gasteiger charge is 2.19. The zero-order chi connectivity index (χ0) is 12.1. The molecule has 0 aliphatic rings. The molecule has 16 heavy (non-hydrogen) atoms. The highest BCUT2D eigenvalue weighted by Crippen LogP contribution is 2.24. The molecule has 0 aliphatic heterocycles. The molecule has 3 nitrogen and oxygen atoms in total. The van der Waals surface area contributed by atoms with Gasteiger partial charge in [-0.2, -0.15) is 0 Å². The number of carboxylic acid groups (broad SMARTS) is 1. The zero-order valence-corrected chi connectivity index (χ0v) is 11.7. The van der Waals surface area contributed by atoms with Gasteiger partial charge in [0, 0.05) is 9.80 Å². The molecule has 2 N–H and O–H groups in total. The van der Waals surface area contributed by atoms with Crippen molar-refractivity contribution in [2.24, 2.45) is 0 Å². The Bertz CT molecular complexity index is 379. The number of hydrogen-bond donors (Lipinski definition) is 2. The minimum Gasteiger partial charge on any atom is -0.479 e. The van der Waals surface area contributed by atoms with Crippen LogP contribution in [-0.2, 0) is 11.2 Å². The van der Waals surface area contributed by atoms with Gasteiger partial charge < -0.3 is 10.2 Å². The number of rotatable bonds is 5. The van der Waals surface area contributed by atoms with Crippen LogP contribution >= 0.6 is 31.9 Å². The molecular weight excluding hydrogens is 340 g/mol. The lowest BCUT2D eigenvalue weighted by molar-refractivity contribution is -0.147. The molecule has 88 valence electrons. The fraction of sp³-hybridized carbons (Fsp3) is 0.364. The summed E-state index contributed by atoms with van der Waals surface area (Å²) in [6.07, 6.45) is 0.196. The van der Waals surface area contributed by atoms with Crippen molar-refractivity contribution >= 4 is 37.8 Å². The number of aliphatic carboxylic acids is 1. The van der Waals surface area contributed by atoms with Gasteiger partial charge in [-0.25, -0.2) is 4.79 Å². The topological polar surface area (TPSA) is 57.5 Å². The zero-order valence-electron chi connectivity index (χ0n) is 8.49. The molecule has 1 unspecified atom stereocenters. The van der Waals surface area contributed by atoms with Crippen LogP contribution in [0.15, 0.2) is 22.7 Å². The lowest BCUT2D eigenvalue weighted by Gasteiger charge is -2.12. The molecule has 0 heterocycles. The van der Waals surface area contributed by atoms with Crippen molar-refractivity contribution in [1.82, 2.24) is 0 Å². The normalized spacial score (nSPS) is 12.4. The van der Waals surface area contributed by atoms with E-state index in [0.717, 1.165) is 28.2 Å². The van der Waals surface area contributed by atoms with Crippen LogP contribution in [0.1, 0.15) is 23.7 Å². The third-order valence-corrected chi connectivity index (χ3v) is 3.27. The molecule has 1 aromatic carbocycles. The van der Waals surface area contributed by atoms with Crippen LogP contribution in [0, 0.1) is 0 Å². The monoisotopic (exact) mass is 350 g/mol. The fourth-order valence-corrected chi connectivity index (χ4v) is 2.10. The molecule has 1 atom stereocenters. The summed E-state index contributed by atoms with van der Waals surface area (Å²) >= 11 is 6.59. The first-order valence-corrected chi connectivity index (χ1v) is 6.73. The van der Waals surface area contributed by atoms with Gasteiger partial charge in [0.05, 0.1) is 0 Å². The summed E-state index contributed by atoms with van der Waals surface area (Å²) < 4.78 is 0.769. The van der Waals surface area contributed by atoms with Crippen molar-refractivity contribution in [3.8, 4) is 0 Å². The van der Waals surface area contributed by atoms with Crippen molar-refractivity contribution in [2.75, 3.05) is 5.33 Å². The number of aliphatic hydroxyl groups is 1. The van der Waals surface area contributed by atoms with Crippen LogP contribution in [0.4, 0.5) is 0 Å². The number of hydrogen-bond acceptors (Lipinski definition) is 2. The molecule has 0 amide bonds. The molecule has 5 heteroatoms. The second-order valence-corrected chi connectivity index (χ2v) is 5.09. The maximum Gasteiger partial charge on any atom is 0.337 e. The summed E-state index contributed by atoms with van der Waals surface area (Å²) in [6, 6.07) is 5.35. The van der Waals surface area contributed by atoms with E-state index >= 15 is 0 Å². The third kappa shape index (κ3) is 3.57. The van der Waals surface area contributed by atoms with Crippen LogP contribution < -0.4 is 0 Å². The first-order valence-electron chi connectivity index (χ1n) is 4.81. The first kappa shape index (κ1) is 13.7. The van der Waals surface area contributed by atoms with Crippen LogP contribution in [0.3, 0.4) is 0 Å². The average molecular weight is 352 g/mol. The van der Waals surface area contributed by atoms with Gasteiger partial charge in [-0.15, -0.1) is 0 Å². The molecule has 0 bridgehead atoms. The summed E-state index contributed by atoms with van der Waals surface area (Å²) in [7, 11) is 0. The minimum absolute atomic E-state index is 0.461. The summed E-state index contributed by atoms with van der Waals surface area (Å²) in [5.41, 5.74) is 1.33. The van der Waals surface area contributed by atoms with Gasteiger partial charge in [-0.05, 0) is 36.1 Å². The first-order chi connectivity index (χ1) is 7.56. The molecule has 1 rings (SSSR count). The molecule has 0 aliphatic carbocycles. The van der Waals surface area contributed by atoms with Gasteiger partial charge in [0.2, 0.25) is 0 Å². The molecule has 0 saturated carbocycles. The van der Waals surface area contributed by atoms with Gasteiger partial charge >= 0.3 is 5.97 Å². The van der Waals surface area contributed by atoms with Gasteiger partial charge in [0.25, 0.3) is 0 Å². The Morgan fingerprint density at radius 2 is 2.12 bits per heavy atom. The fourth-order valence-electron chi connectivity index (χ4n) is 1.44. The predicted molar refractivity (Wildman–Crippen MR) is 68.9 cm³/mol. The second kappa shape index (κ2) is 6.37. The predicted octanol–water partition coefficient (Wildman–Crippen LogP) is 2.89. The number of aliphatic hydroxyl groups excluding tert-OH is 1. The smallest absolute Gasteiger partial charge is 0.337 e. The Morgan fingerprint density at radius 3 is 2.69 bits per heavy atom. The van der Waals surface area contributed by atoms with Gasteiger partial charge in [-0.1, -0.05) is 37.9 Å². The SMILES string of the molecule is O=C(O)C(O)c1cc(Br)ccc1CCCBr. The van der Waals surface area contributed by atoms with E-state index in [0.29, 0.717) is 5.56 Å². The largest absolute Gasteiger partial charge is 0.479 e. The van der Waals surface area contributed by atoms with E-state index in [1.165, 1.54) is 0 Å². The molecule has 1 aromatic rings. The van der Waals surface area contributed by atoms with Crippen LogP contribution in [0.25, 0.3) is 0 Å². The standard InChI is InChI=1S/C11H12Br2O3/c12-5-1-2-7-3-4-8(13)6-9(7)10(14)11(15)16/h3-4,6,10,14H,1-2,5H2,(H,15,16). The molecule has 0 saturated heterocycles. The van der Waals surface area contributed by atoms with E-state index in [-0.39, 0.29) is 0 Å². The van der Waals surface area contributed by atoms with Crippen molar-refractivity contribution in [2.45, 2.75) is 18.9 Å². The molecular formula is C11H12Br2O3. The maximum atomic E-state index is 10.8. The van der Waals surface area contributed by atoms with Crippen LogP contribution in [-0.4, -0.2) is 21.5 Å². The minimum atomic E-state index is -1.46. The summed E-state index contributed by atoms with van der Waals surface area (Å²) in [4.78, 5) is 10.8.